The Kier molecular flexibility index (Phi) is 5.72. The number of likely N-dealkylation sites (tertiary alicyclic amines) is 1. The number of halogens is 1. The van der Waals surface area contributed by atoms with Crippen molar-refractivity contribution >= 4 is 23.6 Å². The van der Waals surface area contributed by atoms with E-state index in [1.165, 1.54) is 12.8 Å². The van der Waals surface area contributed by atoms with Crippen LogP contribution in [0.4, 0.5) is 0 Å². The first-order valence-electron chi connectivity index (χ1n) is 8.21. The van der Waals surface area contributed by atoms with Crippen molar-refractivity contribution in [3.63, 3.8) is 0 Å². The molecule has 1 aliphatic heterocycles. The zero-order valence-corrected chi connectivity index (χ0v) is 14.2. The van der Waals surface area contributed by atoms with Gasteiger partial charge in [0.25, 0.3) is 0 Å². The second-order valence-corrected chi connectivity index (χ2v) is 6.34. The van der Waals surface area contributed by atoms with E-state index in [1.54, 1.807) is 30.5 Å². The molecule has 5 heteroatoms. The van der Waals surface area contributed by atoms with Crippen LogP contribution in [-0.2, 0) is 4.79 Å². The third kappa shape index (κ3) is 4.49. The van der Waals surface area contributed by atoms with Gasteiger partial charge in [-0.3, -0.25) is 9.69 Å². The van der Waals surface area contributed by atoms with Crippen molar-refractivity contribution in [3.8, 4) is 0 Å². The molecule has 3 rings (SSSR count). The van der Waals surface area contributed by atoms with Gasteiger partial charge >= 0.3 is 0 Å². The molecule has 1 unspecified atom stereocenters. The van der Waals surface area contributed by atoms with Crippen LogP contribution in [0.3, 0.4) is 0 Å². The molecule has 4 nitrogen and oxygen atoms in total. The molecule has 1 saturated heterocycles. The third-order valence-electron chi connectivity index (χ3n) is 4.22. The van der Waals surface area contributed by atoms with Crippen LogP contribution in [0.25, 0.3) is 6.08 Å². The van der Waals surface area contributed by atoms with Gasteiger partial charge in [-0.25, -0.2) is 0 Å². The molecule has 0 aliphatic carbocycles. The normalized spacial score (nSPS) is 16.5. The van der Waals surface area contributed by atoms with E-state index >= 15 is 0 Å². The molecule has 0 spiro atoms. The topological polar surface area (TPSA) is 45.5 Å². The van der Waals surface area contributed by atoms with Crippen molar-refractivity contribution in [3.05, 3.63) is 65.1 Å². The van der Waals surface area contributed by atoms with Gasteiger partial charge in [0.2, 0.25) is 5.91 Å². The maximum atomic E-state index is 12.1. The first-order chi connectivity index (χ1) is 11.7. The summed E-state index contributed by atoms with van der Waals surface area (Å²) in [4.78, 5) is 14.5. The Labute approximate surface area is 147 Å². The number of nitrogens with zero attached hydrogens (tertiary/aromatic N) is 1. The van der Waals surface area contributed by atoms with E-state index in [-0.39, 0.29) is 11.9 Å². The molecule has 1 amide bonds. The smallest absolute Gasteiger partial charge is 0.244 e. The summed E-state index contributed by atoms with van der Waals surface area (Å²) in [5, 5.41) is 3.66. The van der Waals surface area contributed by atoms with Crippen LogP contribution in [0, 0.1) is 0 Å². The predicted octanol–water partition coefficient (Wildman–Crippen LogP) is 3.90. The Morgan fingerprint density at radius 3 is 2.67 bits per heavy atom. The molecule has 126 valence electrons. The Balaban J connectivity index is 1.57. The SMILES string of the molecule is O=C(C=Cc1ccc(Cl)cc1)NCC(c1ccco1)N1CCCC1. The summed E-state index contributed by atoms with van der Waals surface area (Å²) >= 11 is 5.85. The Hall–Kier alpha value is -2.04. The molecule has 0 radical (unpaired) electrons. The van der Waals surface area contributed by atoms with E-state index < -0.39 is 0 Å². The molecule has 2 heterocycles. The van der Waals surface area contributed by atoms with Gasteiger partial charge in [-0.05, 0) is 61.8 Å². The summed E-state index contributed by atoms with van der Waals surface area (Å²) in [7, 11) is 0. The summed E-state index contributed by atoms with van der Waals surface area (Å²) in [6.45, 7) is 2.63. The number of benzene rings is 1. The third-order valence-corrected chi connectivity index (χ3v) is 4.47. The monoisotopic (exact) mass is 344 g/mol. The molecule has 1 aromatic carbocycles. The average molecular weight is 345 g/mol. The van der Waals surface area contributed by atoms with E-state index in [0.29, 0.717) is 11.6 Å². The minimum atomic E-state index is -0.110. The van der Waals surface area contributed by atoms with Gasteiger partial charge in [-0.15, -0.1) is 0 Å². The van der Waals surface area contributed by atoms with Crippen molar-refractivity contribution in [2.75, 3.05) is 19.6 Å². The molecule has 1 aliphatic rings. The van der Waals surface area contributed by atoms with E-state index in [2.05, 4.69) is 10.2 Å². The quantitative estimate of drug-likeness (QED) is 0.808. The lowest BCUT2D eigenvalue weighted by Crippen LogP contribution is -2.36. The van der Waals surface area contributed by atoms with Gasteiger partial charge in [0.05, 0.1) is 12.3 Å². The van der Waals surface area contributed by atoms with Crippen molar-refractivity contribution in [2.24, 2.45) is 0 Å². The number of hydrogen-bond donors (Lipinski definition) is 1. The summed E-state index contributed by atoms with van der Waals surface area (Å²) in [5.74, 6) is 0.791. The summed E-state index contributed by atoms with van der Waals surface area (Å²) in [6, 6.07) is 11.3. The second kappa shape index (κ2) is 8.18. The van der Waals surface area contributed by atoms with E-state index in [1.807, 2.05) is 24.3 Å². The van der Waals surface area contributed by atoms with Crippen molar-refractivity contribution in [2.45, 2.75) is 18.9 Å². The Morgan fingerprint density at radius 2 is 2.00 bits per heavy atom. The van der Waals surface area contributed by atoms with Crippen molar-refractivity contribution < 1.29 is 9.21 Å². The lowest BCUT2D eigenvalue weighted by Gasteiger charge is -2.25. The van der Waals surface area contributed by atoms with Gasteiger partial charge in [0.1, 0.15) is 5.76 Å². The average Bonchev–Trinajstić information content (AvgIpc) is 3.29. The number of amides is 1. The maximum Gasteiger partial charge on any atom is 0.244 e. The molecular weight excluding hydrogens is 324 g/mol. The van der Waals surface area contributed by atoms with Crippen LogP contribution >= 0.6 is 11.6 Å². The van der Waals surface area contributed by atoms with Gasteiger partial charge in [0, 0.05) is 17.6 Å². The fraction of sp³-hybridized carbons (Fsp3) is 0.316. The molecule has 0 saturated carbocycles. The minimum absolute atomic E-state index is 0.0929. The van der Waals surface area contributed by atoms with E-state index in [9.17, 15) is 4.79 Å². The van der Waals surface area contributed by atoms with Crippen LogP contribution in [0.15, 0.2) is 53.2 Å². The van der Waals surface area contributed by atoms with Crippen LogP contribution in [0.2, 0.25) is 5.02 Å². The van der Waals surface area contributed by atoms with Crippen LogP contribution < -0.4 is 5.32 Å². The number of carbonyl (C=O) groups excluding carboxylic acids is 1. The molecule has 1 aromatic heterocycles. The highest BCUT2D eigenvalue weighted by Crippen LogP contribution is 2.24. The summed E-state index contributed by atoms with van der Waals surface area (Å²) in [5.41, 5.74) is 0.941. The van der Waals surface area contributed by atoms with Crippen LogP contribution in [0.5, 0.6) is 0 Å². The number of furan rings is 1. The molecule has 1 atom stereocenters. The van der Waals surface area contributed by atoms with Gasteiger partial charge in [0.15, 0.2) is 0 Å². The van der Waals surface area contributed by atoms with E-state index in [0.717, 1.165) is 24.4 Å². The molecule has 24 heavy (non-hydrogen) atoms. The predicted molar refractivity (Wildman–Crippen MR) is 95.8 cm³/mol. The zero-order valence-electron chi connectivity index (χ0n) is 13.5. The van der Waals surface area contributed by atoms with Crippen molar-refractivity contribution in [1.29, 1.82) is 0 Å². The maximum absolute atomic E-state index is 12.1. The lowest BCUT2D eigenvalue weighted by atomic mass is 10.2. The first kappa shape index (κ1) is 16.8. The highest BCUT2D eigenvalue weighted by atomic mass is 35.5. The number of hydrogen-bond acceptors (Lipinski definition) is 3. The molecular formula is C19H21ClN2O2. The van der Waals surface area contributed by atoms with Gasteiger partial charge < -0.3 is 9.73 Å². The fourth-order valence-corrected chi connectivity index (χ4v) is 3.07. The van der Waals surface area contributed by atoms with Crippen LogP contribution in [-0.4, -0.2) is 30.4 Å². The zero-order chi connectivity index (χ0) is 16.8. The standard InChI is InChI=1S/C19H21ClN2O2/c20-16-8-5-15(6-9-16)7-10-19(23)21-14-17(18-4-3-13-24-18)22-11-1-2-12-22/h3-10,13,17H,1-2,11-12,14H2,(H,21,23). The lowest BCUT2D eigenvalue weighted by molar-refractivity contribution is -0.116. The summed E-state index contributed by atoms with van der Waals surface area (Å²) in [6.07, 6.45) is 7.40. The van der Waals surface area contributed by atoms with Crippen molar-refractivity contribution in [1.82, 2.24) is 10.2 Å². The number of nitrogens with one attached hydrogen (secondary N) is 1. The Morgan fingerprint density at radius 1 is 1.25 bits per heavy atom. The highest BCUT2D eigenvalue weighted by molar-refractivity contribution is 6.30. The fourth-order valence-electron chi connectivity index (χ4n) is 2.95. The summed E-state index contributed by atoms with van der Waals surface area (Å²) < 4.78 is 5.56. The number of rotatable bonds is 6. The van der Waals surface area contributed by atoms with Gasteiger partial charge in [-0.1, -0.05) is 23.7 Å². The first-order valence-corrected chi connectivity index (χ1v) is 8.59. The largest absolute Gasteiger partial charge is 0.468 e. The second-order valence-electron chi connectivity index (χ2n) is 5.90. The number of carbonyl (C=O) groups is 1. The molecule has 1 fully saturated rings. The highest BCUT2D eigenvalue weighted by Gasteiger charge is 2.25. The minimum Gasteiger partial charge on any atom is -0.468 e. The van der Waals surface area contributed by atoms with Crippen LogP contribution in [0.1, 0.15) is 30.2 Å². The van der Waals surface area contributed by atoms with Gasteiger partial charge in [-0.2, -0.15) is 0 Å². The Bertz CT molecular complexity index is 674. The molecule has 0 bridgehead atoms. The van der Waals surface area contributed by atoms with E-state index in [4.69, 9.17) is 16.0 Å². The molecule has 2 aromatic rings. The molecule has 1 N–H and O–H groups in total.